The molecule has 0 aliphatic heterocycles. The smallest absolute Gasteiger partial charge is 0.416 e. The molecule has 2 rings (SSSR count). The molecule has 0 spiro atoms. The summed E-state index contributed by atoms with van der Waals surface area (Å²) in [7, 11) is 0. The molecule has 0 heterocycles. The van der Waals surface area contributed by atoms with Crippen molar-refractivity contribution in [3.05, 3.63) is 36.4 Å². The summed E-state index contributed by atoms with van der Waals surface area (Å²) in [6.45, 7) is 0. The molecule has 0 radical (unpaired) electrons. The average Bonchev–Trinajstić information content (AvgIpc) is 2.47. The minimum atomic E-state index is -5.39. The van der Waals surface area contributed by atoms with Crippen LogP contribution in [0.15, 0.2) is 36.4 Å². The van der Waals surface area contributed by atoms with Gasteiger partial charge in [0, 0.05) is 5.39 Å². The minimum Gasteiger partial charge on any atom is -0.416 e. The Morgan fingerprint density at radius 2 is 1.29 bits per heavy atom. The molecule has 0 aliphatic carbocycles. The molecule has 0 fully saturated rings. The second-order valence-electron chi connectivity index (χ2n) is 4.39. The highest BCUT2D eigenvalue weighted by molar-refractivity contribution is 5.94. The second-order valence-corrected chi connectivity index (χ2v) is 4.39. The first kappa shape index (κ1) is 17.6. The zero-order valence-corrected chi connectivity index (χ0v) is 11.4. The van der Waals surface area contributed by atoms with Crippen molar-refractivity contribution in [1.82, 2.24) is 0 Å². The number of hydrogen-bond donors (Lipinski definition) is 0. The summed E-state index contributed by atoms with van der Waals surface area (Å²) >= 11 is 0. The van der Waals surface area contributed by atoms with Crippen LogP contribution in [0, 0.1) is 0 Å². The molecule has 0 amide bonds. The summed E-state index contributed by atoms with van der Waals surface area (Å²) in [6, 6.07) is 7.45. The van der Waals surface area contributed by atoms with E-state index in [1.54, 1.807) is 0 Å². The molecule has 0 aliphatic rings. The number of alkyl halides is 6. The maximum absolute atomic E-state index is 12.4. The lowest BCUT2D eigenvalue weighted by molar-refractivity contribution is -0.191. The van der Waals surface area contributed by atoms with E-state index in [9.17, 15) is 35.9 Å². The summed E-state index contributed by atoms with van der Waals surface area (Å²) in [6.07, 6.45) is -10.8. The average molecular weight is 352 g/mol. The lowest BCUT2D eigenvalue weighted by atomic mass is 10.1. The van der Waals surface area contributed by atoms with E-state index in [0.29, 0.717) is 0 Å². The summed E-state index contributed by atoms with van der Waals surface area (Å²) < 4.78 is 82.0. The number of carbonyl (C=O) groups excluding carboxylic acids is 2. The van der Waals surface area contributed by atoms with Gasteiger partial charge in [0.2, 0.25) is 0 Å². The molecular weight excluding hydrogens is 346 g/mol. The van der Waals surface area contributed by atoms with E-state index < -0.39 is 35.8 Å². The molecule has 0 saturated heterocycles. The van der Waals surface area contributed by atoms with E-state index in [-0.39, 0.29) is 10.8 Å². The van der Waals surface area contributed by atoms with Gasteiger partial charge >= 0.3 is 24.3 Å². The van der Waals surface area contributed by atoms with Crippen LogP contribution in [0.3, 0.4) is 0 Å². The number of ether oxygens (including phenoxy) is 2. The SMILES string of the molecule is O=C(Oc1ccc2ccccc2c1OC(=O)C(F)(F)F)C(F)(F)F. The van der Waals surface area contributed by atoms with Gasteiger partial charge in [0.15, 0.2) is 11.5 Å². The molecule has 0 atom stereocenters. The zero-order valence-electron chi connectivity index (χ0n) is 11.4. The van der Waals surface area contributed by atoms with Gasteiger partial charge in [-0.3, -0.25) is 0 Å². The van der Waals surface area contributed by atoms with Crippen molar-refractivity contribution >= 4 is 22.7 Å². The summed E-state index contributed by atoms with van der Waals surface area (Å²) in [4.78, 5) is 21.9. The van der Waals surface area contributed by atoms with Crippen LogP contribution in [0.2, 0.25) is 0 Å². The van der Waals surface area contributed by atoms with Gasteiger partial charge in [0.05, 0.1) is 0 Å². The number of hydrogen-bond acceptors (Lipinski definition) is 4. The first-order valence-electron chi connectivity index (χ1n) is 6.10. The predicted molar refractivity (Wildman–Crippen MR) is 67.3 cm³/mol. The number of halogens is 6. The van der Waals surface area contributed by atoms with E-state index >= 15 is 0 Å². The van der Waals surface area contributed by atoms with Crippen LogP contribution in [-0.4, -0.2) is 24.3 Å². The third-order valence-electron chi connectivity index (χ3n) is 2.70. The van der Waals surface area contributed by atoms with Crippen molar-refractivity contribution in [2.75, 3.05) is 0 Å². The van der Waals surface area contributed by atoms with Crippen LogP contribution in [0.25, 0.3) is 10.8 Å². The van der Waals surface area contributed by atoms with Gasteiger partial charge in [-0.05, 0) is 11.5 Å². The molecule has 24 heavy (non-hydrogen) atoms. The third kappa shape index (κ3) is 3.76. The van der Waals surface area contributed by atoms with Crippen LogP contribution in [0.4, 0.5) is 26.3 Å². The summed E-state index contributed by atoms with van der Waals surface area (Å²) in [5, 5.41) is 0.122. The third-order valence-corrected chi connectivity index (χ3v) is 2.70. The zero-order chi connectivity index (χ0) is 18.1. The number of esters is 2. The summed E-state index contributed by atoms with van der Waals surface area (Å²) in [5.74, 6) is -7.23. The number of carbonyl (C=O) groups is 2. The number of fused-ring (bicyclic) bond motifs is 1. The Balaban J connectivity index is 2.52. The molecule has 0 saturated carbocycles. The standard InChI is InChI=1S/C14H6F6O4/c15-13(16,17)11(21)23-9-6-5-7-3-1-2-4-8(7)10(9)24-12(22)14(18,19)20/h1-6H. The van der Waals surface area contributed by atoms with Gasteiger partial charge in [-0.2, -0.15) is 26.3 Å². The van der Waals surface area contributed by atoms with Crippen molar-refractivity contribution < 1.29 is 45.4 Å². The Kier molecular flexibility index (Phi) is 4.41. The van der Waals surface area contributed by atoms with Crippen LogP contribution < -0.4 is 9.47 Å². The van der Waals surface area contributed by atoms with Crippen LogP contribution in [0.1, 0.15) is 0 Å². The van der Waals surface area contributed by atoms with Gasteiger partial charge in [-0.15, -0.1) is 0 Å². The highest BCUT2D eigenvalue weighted by Crippen LogP contribution is 2.38. The molecule has 4 nitrogen and oxygen atoms in total. The van der Waals surface area contributed by atoms with Crippen LogP contribution in [0.5, 0.6) is 11.5 Å². The van der Waals surface area contributed by atoms with E-state index in [0.717, 1.165) is 6.07 Å². The lowest BCUT2D eigenvalue weighted by Crippen LogP contribution is -2.30. The maximum atomic E-state index is 12.4. The van der Waals surface area contributed by atoms with Crippen LogP contribution >= 0.6 is 0 Å². The molecule has 0 unspecified atom stereocenters. The first-order valence-corrected chi connectivity index (χ1v) is 6.10. The molecule has 128 valence electrons. The fraction of sp³-hybridized carbons (Fsp3) is 0.143. The number of benzene rings is 2. The van der Waals surface area contributed by atoms with Gasteiger partial charge in [0.25, 0.3) is 0 Å². The van der Waals surface area contributed by atoms with Gasteiger partial charge in [-0.25, -0.2) is 9.59 Å². The Morgan fingerprint density at radius 1 is 0.750 bits per heavy atom. The monoisotopic (exact) mass is 352 g/mol. The highest BCUT2D eigenvalue weighted by atomic mass is 19.4. The Bertz CT molecular complexity index is 794. The Hall–Kier alpha value is -2.78. The van der Waals surface area contributed by atoms with Gasteiger partial charge < -0.3 is 9.47 Å². The van der Waals surface area contributed by atoms with E-state index in [1.165, 1.54) is 30.3 Å². The highest BCUT2D eigenvalue weighted by Gasteiger charge is 2.44. The molecule has 0 aromatic heterocycles. The van der Waals surface area contributed by atoms with E-state index in [1.807, 2.05) is 0 Å². The second kappa shape index (κ2) is 6.02. The van der Waals surface area contributed by atoms with Gasteiger partial charge in [-0.1, -0.05) is 30.3 Å². The number of rotatable bonds is 2. The van der Waals surface area contributed by atoms with E-state index in [4.69, 9.17) is 0 Å². The fourth-order valence-corrected chi connectivity index (χ4v) is 1.72. The van der Waals surface area contributed by atoms with Crippen molar-refractivity contribution in [3.8, 4) is 11.5 Å². The summed E-state index contributed by atoms with van der Waals surface area (Å²) in [5.41, 5.74) is 0. The lowest BCUT2D eigenvalue weighted by Gasteiger charge is -2.14. The first-order chi connectivity index (χ1) is 11.0. The molecule has 10 heteroatoms. The molecule has 2 aromatic carbocycles. The van der Waals surface area contributed by atoms with Crippen molar-refractivity contribution in [2.45, 2.75) is 12.4 Å². The van der Waals surface area contributed by atoms with Crippen molar-refractivity contribution in [3.63, 3.8) is 0 Å². The quantitative estimate of drug-likeness (QED) is 0.469. The normalized spacial score (nSPS) is 12.1. The molecule has 0 bridgehead atoms. The maximum Gasteiger partial charge on any atom is 0.491 e. The fourth-order valence-electron chi connectivity index (χ4n) is 1.72. The van der Waals surface area contributed by atoms with Gasteiger partial charge in [0.1, 0.15) is 0 Å². The topological polar surface area (TPSA) is 52.6 Å². The van der Waals surface area contributed by atoms with Crippen molar-refractivity contribution in [1.29, 1.82) is 0 Å². The van der Waals surface area contributed by atoms with Crippen molar-refractivity contribution in [2.24, 2.45) is 0 Å². The molecule has 2 aromatic rings. The minimum absolute atomic E-state index is 0.137. The largest absolute Gasteiger partial charge is 0.491 e. The van der Waals surface area contributed by atoms with E-state index in [2.05, 4.69) is 9.47 Å². The molecular formula is C14H6F6O4. The Morgan fingerprint density at radius 3 is 1.88 bits per heavy atom. The Labute approximate surface area is 129 Å². The molecule has 0 N–H and O–H groups in total. The van der Waals surface area contributed by atoms with Crippen LogP contribution in [-0.2, 0) is 9.59 Å². The predicted octanol–water partition coefficient (Wildman–Crippen LogP) is 3.78.